The molecular weight excluding hydrogens is 729 g/mol. The van der Waals surface area contributed by atoms with Crippen molar-refractivity contribution in [3.05, 3.63) is 101 Å². The van der Waals surface area contributed by atoms with Crippen molar-refractivity contribution >= 4 is 49.8 Å². The molecule has 7 aromatic rings. The molecule has 0 amide bonds. The van der Waals surface area contributed by atoms with Gasteiger partial charge in [0.2, 0.25) is 0 Å². The molecule has 2 aliphatic rings. The number of H-pyrrole nitrogens is 2. The van der Waals surface area contributed by atoms with E-state index in [1.165, 1.54) is 6.07 Å². The van der Waals surface area contributed by atoms with Crippen LogP contribution in [-0.2, 0) is 20.4 Å². The molecule has 0 aliphatic carbocycles. The number of hydrogen-bond donors (Lipinski definition) is 2. The molecule has 5 heterocycles. The summed E-state index contributed by atoms with van der Waals surface area (Å²) in [5.74, 6) is 1.78. The summed E-state index contributed by atoms with van der Waals surface area (Å²) in [6.07, 6.45) is 0. The molecular formula is C32H17N9O2Re+3. The third kappa shape index (κ3) is 3.79. The fraction of sp³-hybridized carbons (Fsp3) is 0. The Kier molecular flexibility index (Phi) is 5.71. The van der Waals surface area contributed by atoms with Crippen LogP contribution < -0.4 is 0 Å². The van der Waals surface area contributed by atoms with Crippen molar-refractivity contribution in [3.8, 4) is 45.6 Å². The number of rotatable bonds is 1. The fourth-order valence-corrected chi connectivity index (χ4v) is 5.82. The maximum absolute atomic E-state index is 12.1. The van der Waals surface area contributed by atoms with Crippen LogP contribution in [-0.4, -0.2) is 44.8 Å². The average molecular weight is 746 g/mol. The monoisotopic (exact) mass is 746 g/mol. The first-order valence-electron chi connectivity index (χ1n) is 13.5. The second-order valence-electron chi connectivity index (χ2n) is 10.2. The number of benzene rings is 4. The average Bonchev–Trinajstić information content (AvgIpc) is 3.76. The number of nitro benzene ring substituents is 1. The topological polar surface area (TPSA) is 152 Å². The zero-order chi connectivity index (χ0) is 28.7. The van der Waals surface area contributed by atoms with Gasteiger partial charge >= 0.3 is 20.4 Å². The Bertz CT molecular complexity index is 2520. The number of aromatic amines is 2. The summed E-state index contributed by atoms with van der Waals surface area (Å²) in [7, 11) is 0. The molecule has 2 N–H and O–H groups in total. The van der Waals surface area contributed by atoms with E-state index in [1.807, 2.05) is 72.8 Å². The summed E-state index contributed by atoms with van der Waals surface area (Å²) in [5, 5.41) is 14.8. The zero-order valence-electron chi connectivity index (χ0n) is 22.5. The van der Waals surface area contributed by atoms with E-state index in [4.69, 9.17) is 29.9 Å². The minimum Gasteiger partial charge on any atom is -0.324 e. The Hall–Kier alpha value is -5.70. The molecule has 2 aliphatic heterocycles. The molecule has 0 radical (unpaired) electrons. The quantitative estimate of drug-likeness (QED) is 0.138. The third-order valence-corrected chi connectivity index (χ3v) is 7.75. The van der Waals surface area contributed by atoms with Crippen LogP contribution in [0.1, 0.15) is 0 Å². The van der Waals surface area contributed by atoms with E-state index in [2.05, 4.69) is 9.97 Å². The van der Waals surface area contributed by atoms with Gasteiger partial charge in [-0.25, -0.2) is 29.9 Å². The number of hydrogen-bond acceptors (Lipinski definition) is 8. The Labute approximate surface area is 261 Å². The minimum atomic E-state index is -0.417. The van der Waals surface area contributed by atoms with Gasteiger partial charge < -0.3 is 9.97 Å². The van der Waals surface area contributed by atoms with Crippen LogP contribution in [0.15, 0.2) is 91.0 Å². The van der Waals surface area contributed by atoms with Crippen LogP contribution in [0.4, 0.5) is 5.69 Å². The van der Waals surface area contributed by atoms with Gasteiger partial charge in [-0.2, -0.15) is 0 Å². The van der Waals surface area contributed by atoms with E-state index in [0.717, 1.165) is 33.0 Å². The van der Waals surface area contributed by atoms with Gasteiger partial charge in [-0.3, -0.25) is 10.1 Å². The Morgan fingerprint density at radius 3 is 1.34 bits per heavy atom. The molecule has 0 fully saturated rings. The molecule has 3 aromatic heterocycles. The van der Waals surface area contributed by atoms with Crippen LogP contribution >= 0.6 is 0 Å². The molecule has 0 saturated carbocycles. The molecule has 11 nitrogen and oxygen atoms in total. The van der Waals surface area contributed by atoms with Gasteiger partial charge in [-0.15, -0.1) is 0 Å². The van der Waals surface area contributed by atoms with E-state index in [0.29, 0.717) is 51.0 Å². The maximum Gasteiger partial charge on any atom is 3.00 e. The largest absolute Gasteiger partial charge is 3.00 e. The van der Waals surface area contributed by atoms with Crippen molar-refractivity contribution in [1.29, 1.82) is 0 Å². The smallest absolute Gasteiger partial charge is 0.324 e. The maximum atomic E-state index is 12.1. The molecule has 4 aromatic carbocycles. The Morgan fingerprint density at radius 1 is 0.477 bits per heavy atom. The normalized spacial score (nSPS) is 11.6. The SMILES string of the molecule is O=[N+]([O-])c1cccc2c3nc4nc(nc5[nH]c(nc6nc(nc([nH]3)c12)-c1ccccc1-6)c1ccccc51)-c1ccccc1-4.[Re+3]. The number of non-ortho nitro benzene ring substituents is 1. The summed E-state index contributed by atoms with van der Waals surface area (Å²) in [5.41, 5.74) is 4.97. The van der Waals surface area contributed by atoms with Gasteiger partial charge in [0.15, 0.2) is 23.3 Å². The predicted molar refractivity (Wildman–Crippen MR) is 163 cm³/mol. The molecule has 0 atom stereocenters. The molecule has 206 valence electrons. The van der Waals surface area contributed by atoms with Gasteiger partial charge in [0, 0.05) is 44.5 Å². The second-order valence-corrected chi connectivity index (χ2v) is 10.2. The van der Waals surface area contributed by atoms with Crippen LogP contribution in [0.25, 0.3) is 89.7 Å². The molecule has 0 saturated heterocycles. The van der Waals surface area contributed by atoms with E-state index in [-0.39, 0.29) is 31.8 Å². The minimum absolute atomic E-state index is 0. The third-order valence-electron chi connectivity index (χ3n) is 7.75. The first-order valence-corrected chi connectivity index (χ1v) is 13.5. The van der Waals surface area contributed by atoms with E-state index >= 15 is 0 Å². The summed E-state index contributed by atoms with van der Waals surface area (Å²) in [4.78, 5) is 47.7. The molecule has 44 heavy (non-hydrogen) atoms. The van der Waals surface area contributed by atoms with E-state index < -0.39 is 4.92 Å². The van der Waals surface area contributed by atoms with Crippen LogP contribution in [0.3, 0.4) is 0 Å². The number of fused-ring (bicyclic) bond motifs is 20. The first-order chi connectivity index (χ1) is 21.1. The molecule has 9 rings (SSSR count). The first kappa shape index (κ1) is 26.0. The molecule has 0 unspecified atom stereocenters. The van der Waals surface area contributed by atoms with Crippen LogP contribution in [0.2, 0.25) is 0 Å². The Morgan fingerprint density at radius 2 is 0.864 bits per heavy atom. The molecule has 12 heteroatoms. The molecule has 8 bridgehead atoms. The standard InChI is InChI=1S/C32H17N9O2.Re/c42-41(43)23-15-7-14-22-24(23)32-39-30-21-13-6-5-12-20(21)28(37-30)35-26-17-9-2-1-8-16(17)25(33-26)34-27-18-10-3-4-11-19(18)29(36-27)38-31(22)40-32;/h1-15H,(H2,33,34,35,36,37,38,39,40);/q;+3. The van der Waals surface area contributed by atoms with Gasteiger partial charge in [0.1, 0.15) is 28.0 Å². The number of aromatic nitrogens is 8. The van der Waals surface area contributed by atoms with E-state index in [1.54, 1.807) is 12.1 Å². The van der Waals surface area contributed by atoms with E-state index in [9.17, 15) is 10.1 Å². The van der Waals surface area contributed by atoms with Crippen molar-refractivity contribution in [1.82, 2.24) is 39.9 Å². The van der Waals surface area contributed by atoms with Crippen molar-refractivity contribution < 1.29 is 25.3 Å². The summed E-state index contributed by atoms with van der Waals surface area (Å²) in [6.45, 7) is 0. The fourth-order valence-electron chi connectivity index (χ4n) is 5.82. The van der Waals surface area contributed by atoms with Gasteiger partial charge in [0.05, 0.1) is 4.92 Å². The van der Waals surface area contributed by atoms with Crippen molar-refractivity contribution in [3.63, 3.8) is 0 Å². The van der Waals surface area contributed by atoms with Gasteiger partial charge in [-0.1, -0.05) is 84.9 Å². The van der Waals surface area contributed by atoms with Crippen LogP contribution in [0, 0.1) is 10.1 Å². The molecule has 0 spiro atoms. The summed E-state index contributed by atoms with van der Waals surface area (Å²) in [6, 6.07) is 28.1. The Balaban J connectivity index is 0.00000289. The zero-order valence-corrected chi connectivity index (χ0v) is 25.2. The second kappa shape index (κ2) is 9.67. The van der Waals surface area contributed by atoms with Gasteiger partial charge in [0.25, 0.3) is 5.69 Å². The number of nitrogens with zero attached hydrogens (tertiary/aromatic N) is 7. The summed E-state index contributed by atoms with van der Waals surface area (Å²) >= 11 is 0. The van der Waals surface area contributed by atoms with Crippen molar-refractivity contribution in [2.45, 2.75) is 0 Å². The number of nitrogens with one attached hydrogen (secondary N) is 2. The van der Waals surface area contributed by atoms with Crippen LogP contribution in [0.5, 0.6) is 0 Å². The van der Waals surface area contributed by atoms with Gasteiger partial charge in [-0.05, 0) is 0 Å². The number of nitro groups is 1. The summed E-state index contributed by atoms with van der Waals surface area (Å²) < 4.78 is 0. The predicted octanol–water partition coefficient (Wildman–Crippen LogP) is 6.77. The van der Waals surface area contributed by atoms with Crippen molar-refractivity contribution in [2.75, 3.05) is 0 Å². The van der Waals surface area contributed by atoms with Crippen molar-refractivity contribution in [2.24, 2.45) is 0 Å².